The molecule has 0 aliphatic carbocycles. The number of hydrogen-bond donors (Lipinski definition) is 1. The molecule has 1 atom stereocenters. The highest BCUT2D eigenvalue weighted by Crippen LogP contribution is 2.34. The van der Waals surface area contributed by atoms with E-state index in [1.807, 2.05) is 0 Å². The number of ether oxygens (including phenoxy) is 1. The van der Waals surface area contributed by atoms with Gasteiger partial charge in [-0.3, -0.25) is 0 Å². The van der Waals surface area contributed by atoms with Crippen LogP contribution in [0.1, 0.15) is 43.5 Å². The van der Waals surface area contributed by atoms with Crippen LogP contribution in [0.25, 0.3) is 0 Å². The number of methoxy groups -OCH3 is 1. The second kappa shape index (κ2) is 6.06. The van der Waals surface area contributed by atoms with E-state index < -0.39 is 0 Å². The monoisotopic (exact) mass is 235 g/mol. The summed E-state index contributed by atoms with van der Waals surface area (Å²) in [4.78, 5) is 0. The van der Waals surface area contributed by atoms with E-state index in [-0.39, 0.29) is 0 Å². The third-order valence-corrected chi connectivity index (χ3v) is 3.34. The first-order valence-electron chi connectivity index (χ1n) is 6.40. The summed E-state index contributed by atoms with van der Waals surface area (Å²) in [6.07, 6.45) is 0. The van der Waals surface area contributed by atoms with Gasteiger partial charge in [0.25, 0.3) is 0 Å². The number of rotatable bonds is 5. The van der Waals surface area contributed by atoms with E-state index in [0.717, 1.165) is 12.3 Å². The zero-order chi connectivity index (χ0) is 13.0. The van der Waals surface area contributed by atoms with Gasteiger partial charge in [-0.1, -0.05) is 32.9 Å². The van der Waals surface area contributed by atoms with Crippen LogP contribution in [0.5, 0.6) is 5.75 Å². The fourth-order valence-electron chi connectivity index (χ4n) is 2.25. The predicted molar refractivity (Wildman–Crippen MR) is 73.7 cm³/mol. The fourth-order valence-corrected chi connectivity index (χ4v) is 2.25. The molecule has 1 unspecified atom stereocenters. The summed E-state index contributed by atoms with van der Waals surface area (Å²) in [6.45, 7) is 11.8. The van der Waals surface area contributed by atoms with Crippen molar-refractivity contribution in [2.45, 2.75) is 40.7 Å². The molecule has 1 aromatic rings. The van der Waals surface area contributed by atoms with Crippen LogP contribution in [0.3, 0.4) is 0 Å². The van der Waals surface area contributed by atoms with Gasteiger partial charge in [0.2, 0.25) is 0 Å². The molecular weight excluding hydrogens is 210 g/mol. The summed E-state index contributed by atoms with van der Waals surface area (Å²) >= 11 is 0. The molecule has 0 spiro atoms. The van der Waals surface area contributed by atoms with Gasteiger partial charge in [-0.15, -0.1) is 0 Å². The van der Waals surface area contributed by atoms with Crippen LogP contribution in [-0.2, 0) is 0 Å². The fraction of sp³-hybridized carbons (Fsp3) is 0.600. The Morgan fingerprint density at radius 2 is 1.88 bits per heavy atom. The first kappa shape index (κ1) is 14.0. The minimum Gasteiger partial charge on any atom is -0.496 e. The van der Waals surface area contributed by atoms with Crippen LogP contribution in [-0.4, -0.2) is 13.7 Å². The van der Waals surface area contributed by atoms with E-state index in [1.54, 1.807) is 7.11 Å². The lowest BCUT2D eigenvalue weighted by Crippen LogP contribution is -2.26. The standard InChI is InChI=1S/C15H25NO/c1-7-16-14(10(2)3)13-9-8-11(4)12(5)15(13)17-6/h8-10,14,16H,7H2,1-6H3. The molecular formula is C15H25NO. The van der Waals surface area contributed by atoms with Crippen molar-refractivity contribution in [1.29, 1.82) is 0 Å². The second-order valence-corrected chi connectivity index (χ2v) is 4.91. The van der Waals surface area contributed by atoms with E-state index in [9.17, 15) is 0 Å². The second-order valence-electron chi connectivity index (χ2n) is 4.91. The molecule has 1 rings (SSSR count). The van der Waals surface area contributed by atoms with Gasteiger partial charge in [-0.2, -0.15) is 0 Å². The van der Waals surface area contributed by atoms with Crippen molar-refractivity contribution in [2.75, 3.05) is 13.7 Å². The molecule has 96 valence electrons. The Labute approximate surface area is 105 Å². The molecule has 0 saturated carbocycles. The Morgan fingerprint density at radius 3 is 2.35 bits per heavy atom. The van der Waals surface area contributed by atoms with Crippen molar-refractivity contribution in [3.63, 3.8) is 0 Å². The van der Waals surface area contributed by atoms with Gasteiger partial charge in [0, 0.05) is 11.6 Å². The van der Waals surface area contributed by atoms with Crippen molar-refractivity contribution < 1.29 is 4.74 Å². The lowest BCUT2D eigenvalue weighted by molar-refractivity contribution is 0.371. The van der Waals surface area contributed by atoms with Crippen LogP contribution < -0.4 is 10.1 Å². The van der Waals surface area contributed by atoms with Crippen LogP contribution in [0.4, 0.5) is 0 Å². The average Bonchev–Trinajstić information content (AvgIpc) is 2.29. The van der Waals surface area contributed by atoms with E-state index in [2.05, 4.69) is 52.1 Å². The number of hydrogen-bond acceptors (Lipinski definition) is 2. The highest BCUT2D eigenvalue weighted by molar-refractivity contribution is 5.47. The van der Waals surface area contributed by atoms with Crippen molar-refractivity contribution in [3.05, 3.63) is 28.8 Å². The van der Waals surface area contributed by atoms with Crippen LogP contribution >= 0.6 is 0 Å². The minimum atomic E-state index is 0.356. The molecule has 0 aliphatic rings. The zero-order valence-electron chi connectivity index (χ0n) is 11.9. The lowest BCUT2D eigenvalue weighted by Gasteiger charge is -2.25. The third-order valence-electron chi connectivity index (χ3n) is 3.34. The lowest BCUT2D eigenvalue weighted by atomic mass is 9.92. The maximum absolute atomic E-state index is 5.59. The van der Waals surface area contributed by atoms with Crippen molar-refractivity contribution >= 4 is 0 Å². The first-order valence-corrected chi connectivity index (χ1v) is 6.40. The summed E-state index contributed by atoms with van der Waals surface area (Å²) in [7, 11) is 1.76. The van der Waals surface area contributed by atoms with E-state index in [0.29, 0.717) is 12.0 Å². The quantitative estimate of drug-likeness (QED) is 0.841. The summed E-state index contributed by atoms with van der Waals surface area (Å²) in [5.74, 6) is 1.58. The summed E-state index contributed by atoms with van der Waals surface area (Å²) in [5.41, 5.74) is 3.80. The molecule has 1 aromatic carbocycles. The molecule has 0 bridgehead atoms. The molecule has 2 nitrogen and oxygen atoms in total. The molecule has 0 aromatic heterocycles. The summed E-state index contributed by atoms with van der Waals surface area (Å²) in [5, 5.41) is 3.54. The van der Waals surface area contributed by atoms with Crippen LogP contribution in [0.2, 0.25) is 0 Å². The average molecular weight is 235 g/mol. The number of nitrogens with one attached hydrogen (secondary N) is 1. The zero-order valence-corrected chi connectivity index (χ0v) is 11.9. The molecule has 17 heavy (non-hydrogen) atoms. The SMILES string of the molecule is CCNC(c1ccc(C)c(C)c1OC)C(C)C. The van der Waals surface area contributed by atoms with Crippen molar-refractivity contribution in [3.8, 4) is 5.75 Å². The molecule has 1 N–H and O–H groups in total. The molecule has 0 radical (unpaired) electrons. The molecule has 0 heterocycles. The summed E-state index contributed by atoms with van der Waals surface area (Å²) < 4.78 is 5.59. The largest absolute Gasteiger partial charge is 0.496 e. The van der Waals surface area contributed by atoms with Crippen molar-refractivity contribution in [1.82, 2.24) is 5.32 Å². The van der Waals surface area contributed by atoms with E-state index in [1.165, 1.54) is 16.7 Å². The highest BCUT2D eigenvalue weighted by atomic mass is 16.5. The third kappa shape index (κ3) is 3.01. The maximum Gasteiger partial charge on any atom is 0.126 e. The molecule has 0 fully saturated rings. The molecule has 0 saturated heterocycles. The molecule has 2 heteroatoms. The van der Waals surface area contributed by atoms with Gasteiger partial charge >= 0.3 is 0 Å². The Balaban J connectivity index is 3.23. The van der Waals surface area contributed by atoms with Gasteiger partial charge in [0.1, 0.15) is 5.75 Å². The first-order chi connectivity index (χ1) is 8.02. The van der Waals surface area contributed by atoms with Crippen molar-refractivity contribution in [2.24, 2.45) is 5.92 Å². The van der Waals surface area contributed by atoms with E-state index >= 15 is 0 Å². The highest BCUT2D eigenvalue weighted by Gasteiger charge is 2.20. The van der Waals surface area contributed by atoms with Gasteiger partial charge in [-0.05, 0) is 37.4 Å². The molecule has 0 aliphatic heterocycles. The Morgan fingerprint density at radius 1 is 1.24 bits per heavy atom. The predicted octanol–water partition coefficient (Wildman–Crippen LogP) is 3.62. The van der Waals surface area contributed by atoms with Crippen LogP contribution in [0, 0.1) is 19.8 Å². The Bertz CT molecular complexity index is 371. The van der Waals surface area contributed by atoms with Gasteiger partial charge in [0.15, 0.2) is 0 Å². The normalized spacial score (nSPS) is 12.9. The van der Waals surface area contributed by atoms with Crippen LogP contribution in [0.15, 0.2) is 12.1 Å². The van der Waals surface area contributed by atoms with E-state index in [4.69, 9.17) is 4.74 Å². The summed E-state index contributed by atoms with van der Waals surface area (Å²) in [6, 6.07) is 4.73. The number of aryl methyl sites for hydroxylation is 1. The smallest absolute Gasteiger partial charge is 0.126 e. The Kier molecular flexibility index (Phi) is 5.01. The maximum atomic E-state index is 5.59. The Hall–Kier alpha value is -1.02. The van der Waals surface area contributed by atoms with Gasteiger partial charge in [0.05, 0.1) is 7.11 Å². The number of benzene rings is 1. The topological polar surface area (TPSA) is 21.3 Å². The molecule has 0 amide bonds. The van der Waals surface area contributed by atoms with Gasteiger partial charge in [-0.25, -0.2) is 0 Å². The minimum absolute atomic E-state index is 0.356. The van der Waals surface area contributed by atoms with Gasteiger partial charge < -0.3 is 10.1 Å².